The Labute approximate surface area is 162 Å². The molecule has 142 valence electrons. The first-order chi connectivity index (χ1) is 13.5. The molecule has 6 heteroatoms. The van der Waals surface area contributed by atoms with Crippen molar-refractivity contribution in [3.8, 4) is 11.5 Å². The molecule has 28 heavy (non-hydrogen) atoms. The van der Waals surface area contributed by atoms with E-state index in [1.165, 1.54) is 7.11 Å². The van der Waals surface area contributed by atoms with Crippen molar-refractivity contribution in [2.45, 2.75) is 13.0 Å². The quantitative estimate of drug-likeness (QED) is 0.735. The van der Waals surface area contributed by atoms with E-state index in [-0.39, 0.29) is 11.8 Å². The van der Waals surface area contributed by atoms with Gasteiger partial charge in [-0.2, -0.15) is 0 Å². The number of amides is 2. The number of carbonyl (C=O) groups is 2. The Morgan fingerprint density at radius 2 is 1.71 bits per heavy atom. The van der Waals surface area contributed by atoms with Gasteiger partial charge in [-0.15, -0.1) is 0 Å². The highest BCUT2D eigenvalue weighted by Gasteiger charge is 2.35. The van der Waals surface area contributed by atoms with Crippen LogP contribution in [0.2, 0.25) is 0 Å². The molecule has 0 aromatic heterocycles. The molecule has 1 atom stereocenters. The Morgan fingerprint density at radius 3 is 2.43 bits per heavy atom. The monoisotopic (exact) mass is 376 g/mol. The standard InChI is InChI=1S/C22H20N2O4/c1-13(21(25)23-15-10-11-18(27-2)19(12-15)28-3)24-17-9-5-7-14-6-4-8-16(20(14)17)22(24)26/h4-13H,1-3H3,(H,23,25)/t13-/m0/s1. The molecule has 0 unspecified atom stereocenters. The van der Waals surface area contributed by atoms with Crippen molar-refractivity contribution >= 4 is 34.0 Å². The molecule has 0 bridgehead atoms. The van der Waals surface area contributed by atoms with Crippen LogP contribution in [0.15, 0.2) is 54.6 Å². The molecule has 0 saturated carbocycles. The van der Waals surface area contributed by atoms with E-state index >= 15 is 0 Å². The van der Waals surface area contributed by atoms with Crippen LogP contribution in [0.4, 0.5) is 11.4 Å². The van der Waals surface area contributed by atoms with Crippen molar-refractivity contribution in [1.82, 2.24) is 0 Å². The van der Waals surface area contributed by atoms with Gasteiger partial charge in [0.25, 0.3) is 5.91 Å². The lowest BCUT2D eigenvalue weighted by molar-refractivity contribution is -0.117. The summed E-state index contributed by atoms with van der Waals surface area (Å²) in [6, 6.07) is 15.8. The number of benzene rings is 3. The number of nitrogens with zero attached hydrogens (tertiary/aromatic N) is 1. The summed E-state index contributed by atoms with van der Waals surface area (Å²) in [4.78, 5) is 27.4. The van der Waals surface area contributed by atoms with Crippen molar-refractivity contribution in [3.05, 3.63) is 60.2 Å². The normalized spacial score (nSPS) is 13.5. The van der Waals surface area contributed by atoms with Gasteiger partial charge in [0.2, 0.25) is 5.91 Å². The predicted molar refractivity (Wildman–Crippen MR) is 108 cm³/mol. The largest absolute Gasteiger partial charge is 0.493 e. The van der Waals surface area contributed by atoms with E-state index < -0.39 is 6.04 Å². The minimum Gasteiger partial charge on any atom is -0.493 e. The number of nitrogens with one attached hydrogen (secondary N) is 1. The maximum Gasteiger partial charge on any atom is 0.259 e. The van der Waals surface area contributed by atoms with Gasteiger partial charge in [0.15, 0.2) is 11.5 Å². The lowest BCUT2D eigenvalue weighted by Crippen LogP contribution is -2.44. The fraction of sp³-hybridized carbons (Fsp3) is 0.182. The zero-order chi connectivity index (χ0) is 19.8. The van der Waals surface area contributed by atoms with Crippen molar-refractivity contribution < 1.29 is 19.1 Å². The summed E-state index contributed by atoms with van der Waals surface area (Å²) in [5.74, 6) is 0.639. The predicted octanol–water partition coefficient (Wildman–Crippen LogP) is 3.84. The molecule has 4 rings (SSSR count). The van der Waals surface area contributed by atoms with E-state index in [9.17, 15) is 9.59 Å². The van der Waals surface area contributed by atoms with Crippen LogP contribution in [0.25, 0.3) is 10.8 Å². The number of rotatable bonds is 5. The highest BCUT2D eigenvalue weighted by atomic mass is 16.5. The molecule has 0 aliphatic carbocycles. The molecule has 3 aromatic carbocycles. The first-order valence-corrected chi connectivity index (χ1v) is 8.93. The first kappa shape index (κ1) is 17.9. The van der Waals surface area contributed by atoms with Crippen LogP contribution in [0.3, 0.4) is 0 Å². The Morgan fingerprint density at radius 1 is 1.00 bits per heavy atom. The van der Waals surface area contributed by atoms with Gasteiger partial charge in [0.05, 0.1) is 19.9 Å². The Hall–Kier alpha value is -3.54. The zero-order valence-corrected chi connectivity index (χ0v) is 15.9. The summed E-state index contributed by atoms with van der Waals surface area (Å²) in [6.07, 6.45) is 0. The third kappa shape index (κ3) is 2.74. The van der Waals surface area contributed by atoms with Gasteiger partial charge in [-0.25, -0.2) is 0 Å². The molecular weight excluding hydrogens is 356 g/mol. The van der Waals surface area contributed by atoms with E-state index in [2.05, 4.69) is 5.32 Å². The van der Waals surface area contributed by atoms with Gasteiger partial charge in [-0.1, -0.05) is 24.3 Å². The van der Waals surface area contributed by atoms with Crippen molar-refractivity contribution in [3.63, 3.8) is 0 Å². The average molecular weight is 376 g/mol. The number of anilines is 2. The van der Waals surface area contributed by atoms with Gasteiger partial charge in [0, 0.05) is 22.7 Å². The summed E-state index contributed by atoms with van der Waals surface area (Å²) >= 11 is 0. The first-order valence-electron chi connectivity index (χ1n) is 8.93. The molecule has 3 aromatic rings. The van der Waals surface area contributed by atoms with Crippen LogP contribution in [-0.4, -0.2) is 32.1 Å². The summed E-state index contributed by atoms with van der Waals surface area (Å²) in [5.41, 5.74) is 1.95. The van der Waals surface area contributed by atoms with E-state index in [1.54, 1.807) is 43.2 Å². The molecule has 2 amide bonds. The Bertz CT molecular complexity index is 1090. The third-order valence-electron chi connectivity index (χ3n) is 5.01. The molecule has 0 saturated heterocycles. The van der Waals surface area contributed by atoms with Crippen LogP contribution < -0.4 is 19.7 Å². The topological polar surface area (TPSA) is 67.9 Å². The smallest absolute Gasteiger partial charge is 0.259 e. The van der Waals surface area contributed by atoms with Crippen LogP contribution in [0.1, 0.15) is 17.3 Å². The third-order valence-corrected chi connectivity index (χ3v) is 5.01. The van der Waals surface area contributed by atoms with Gasteiger partial charge in [0.1, 0.15) is 6.04 Å². The Balaban J connectivity index is 1.62. The molecule has 1 N–H and O–H groups in total. The van der Waals surface area contributed by atoms with Crippen LogP contribution >= 0.6 is 0 Å². The van der Waals surface area contributed by atoms with Gasteiger partial charge >= 0.3 is 0 Å². The number of hydrogen-bond donors (Lipinski definition) is 1. The van der Waals surface area contributed by atoms with Crippen molar-refractivity contribution in [2.75, 3.05) is 24.4 Å². The molecule has 6 nitrogen and oxygen atoms in total. The minimum absolute atomic E-state index is 0.165. The maximum absolute atomic E-state index is 13.0. The molecule has 1 aliphatic heterocycles. The maximum atomic E-state index is 13.0. The van der Waals surface area contributed by atoms with E-state index in [0.717, 1.165) is 16.5 Å². The summed E-state index contributed by atoms with van der Waals surface area (Å²) < 4.78 is 10.5. The summed E-state index contributed by atoms with van der Waals surface area (Å²) in [6.45, 7) is 1.72. The second-order valence-corrected chi connectivity index (χ2v) is 6.59. The second kappa shape index (κ2) is 6.88. The zero-order valence-electron chi connectivity index (χ0n) is 15.9. The number of carbonyl (C=O) groups excluding carboxylic acids is 2. The molecule has 0 radical (unpaired) electrons. The summed E-state index contributed by atoms with van der Waals surface area (Å²) in [7, 11) is 3.09. The Kier molecular flexibility index (Phi) is 4.39. The minimum atomic E-state index is -0.682. The van der Waals surface area contributed by atoms with Crippen molar-refractivity contribution in [2.24, 2.45) is 0 Å². The highest BCUT2D eigenvalue weighted by molar-refractivity contribution is 6.26. The SMILES string of the molecule is COc1ccc(NC(=O)[C@H](C)N2C(=O)c3cccc4cccc2c34)cc1OC. The molecular formula is C22H20N2O4. The van der Waals surface area contributed by atoms with E-state index in [1.807, 2.05) is 30.3 Å². The molecule has 0 fully saturated rings. The fourth-order valence-electron chi connectivity index (χ4n) is 3.60. The second-order valence-electron chi connectivity index (χ2n) is 6.59. The number of ether oxygens (including phenoxy) is 2. The summed E-state index contributed by atoms with van der Waals surface area (Å²) in [5, 5.41) is 4.73. The number of hydrogen-bond acceptors (Lipinski definition) is 4. The average Bonchev–Trinajstić information content (AvgIpc) is 3.01. The van der Waals surface area contributed by atoms with Gasteiger partial charge in [-0.05, 0) is 36.6 Å². The van der Waals surface area contributed by atoms with Crippen molar-refractivity contribution in [1.29, 1.82) is 0 Å². The van der Waals surface area contributed by atoms with E-state index in [0.29, 0.717) is 22.7 Å². The number of methoxy groups -OCH3 is 2. The lowest BCUT2D eigenvalue weighted by atomic mass is 10.1. The van der Waals surface area contributed by atoms with Gasteiger partial charge < -0.3 is 14.8 Å². The molecule has 0 spiro atoms. The van der Waals surface area contributed by atoms with E-state index in [4.69, 9.17) is 9.47 Å². The van der Waals surface area contributed by atoms with Crippen LogP contribution in [-0.2, 0) is 4.79 Å². The van der Waals surface area contributed by atoms with Crippen LogP contribution in [0, 0.1) is 0 Å². The molecule has 1 heterocycles. The lowest BCUT2D eigenvalue weighted by Gasteiger charge is -2.25. The van der Waals surface area contributed by atoms with Gasteiger partial charge in [-0.3, -0.25) is 14.5 Å². The highest BCUT2D eigenvalue weighted by Crippen LogP contribution is 2.38. The molecule has 1 aliphatic rings. The van der Waals surface area contributed by atoms with Crippen LogP contribution in [0.5, 0.6) is 11.5 Å². The fourth-order valence-corrected chi connectivity index (χ4v) is 3.60.